The van der Waals surface area contributed by atoms with Crippen LogP contribution in [-0.4, -0.2) is 24.9 Å². The summed E-state index contributed by atoms with van der Waals surface area (Å²) in [5, 5.41) is 2.46. The number of sulfonamides is 1. The summed E-state index contributed by atoms with van der Waals surface area (Å²) in [5.41, 5.74) is -0.374. The molecular weight excluding hydrogens is 395 g/mol. The van der Waals surface area contributed by atoms with Crippen LogP contribution in [0.2, 0.25) is 0 Å². The predicted molar refractivity (Wildman–Crippen MR) is 97.4 cm³/mol. The third kappa shape index (κ3) is 3.79. The van der Waals surface area contributed by atoms with E-state index in [9.17, 15) is 26.4 Å². The Balaban J connectivity index is 1.99. The Hall–Kier alpha value is -2.33. The topological polar surface area (TPSA) is 80.2 Å². The number of halogens is 3. The second-order valence-corrected chi connectivity index (χ2v) is 8.71. The number of fused-ring (bicyclic) bond motifs is 1. The smallest absolute Gasteiger partial charge is 0.273 e. The zero-order valence-corrected chi connectivity index (χ0v) is 16.3. The van der Waals surface area contributed by atoms with Crippen molar-refractivity contribution in [3.8, 4) is 0 Å². The first kappa shape index (κ1) is 20.4. The summed E-state index contributed by atoms with van der Waals surface area (Å²) in [5.74, 6) is -5.15. The number of hydrogen-bond acceptors (Lipinski definition) is 3. The number of nitrogens with one attached hydrogen (secondary N) is 2. The molecule has 152 valence electrons. The maximum absolute atomic E-state index is 13.7. The van der Waals surface area contributed by atoms with Crippen molar-refractivity contribution in [2.75, 3.05) is 5.32 Å². The van der Waals surface area contributed by atoms with E-state index in [1.54, 1.807) is 6.92 Å². The van der Waals surface area contributed by atoms with Crippen LogP contribution >= 0.6 is 0 Å². The summed E-state index contributed by atoms with van der Waals surface area (Å²) >= 11 is 0. The maximum atomic E-state index is 13.7. The summed E-state index contributed by atoms with van der Waals surface area (Å²) < 4.78 is 69.6. The van der Waals surface area contributed by atoms with Crippen molar-refractivity contribution in [2.24, 2.45) is 7.05 Å². The van der Waals surface area contributed by atoms with Gasteiger partial charge < -0.3 is 9.88 Å². The Morgan fingerprint density at radius 1 is 1.36 bits per heavy atom. The molecule has 2 aromatic rings. The third-order valence-electron chi connectivity index (χ3n) is 4.63. The lowest BCUT2D eigenvalue weighted by molar-refractivity contribution is 0.0138. The fourth-order valence-electron chi connectivity index (χ4n) is 3.30. The number of carbonyl (C=O) groups excluding carboxylic acids is 1. The molecule has 1 aliphatic rings. The molecule has 2 N–H and O–H groups in total. The molecule has 0 spiro atoms. The molecule has 0 radical (unpaired) electrons. The van der Waals surface area contributed by atoms with E-state index in [0.717, 1.165) is 12.1 Å². The van der Waals surface area contributed by atoms with Gasteiger partial charge in [0.15, 0.2) is 0 Å². The molecule has 0 bridgehead atoms. The highest BCUT2D eigenvalue weighted by atomic mass is 32.2. The Morgan fingerprint density at radius 3 is 2.68 bits per heavy atom. The SMILES string of the molecule is C[C@H]1CCc2c(cn(C)c2C(=O)Nc2ccc(F)c(C(C)(F)F)c2)S(=O)(=O)N1. The largest absolute Gasteiger partial charge is 0.345 e. The quantitative estimate of drug-likeness (QED) is 0.808. The van der Waals surface area contributed by atoms with Crippen molar-refractivity contribution < 1.29 is 26.4 Å². The monoisotopic (exact) mass is 415 g/mol. The van der Waals surface area contributed by atoms with Crippen LogP contribution in [0.4, 0.5) is 18.9 Å². The normalized spacial score (nSPS) is 19.0. The summed E-state index contributed by atoms with van der Waals surface area (Å²) in [6, 6.07) is 2.61. The van der Waals surface area contributed by atoms with Crippen molar-refractivity contribution in [2.45, 2.75) is 43.5 Å². The van der Waals surface area contributed by atoms with Crippen LogP contribution in [0.25, 0.3) is 0 Å². The molecule has 0 aliphatic carbocycles. The number of benzene rings is 1. The Labute approximate surface area is 160 Å². The van der Waals surface area contributed by atoms with Crippen LogP contribution in [0.3, 0.4) is 0 Å². The first-order valence-electron chi connectivity index (χ1n) is 8.60. The lowest BCUT2D eigenvalue weighted by Gasteiger charge is -2.14. The zero-order valence-electron chi connectivity index (χ0n) is 15.5. The Kier molecular flexibility index (Phi) is 5.05. The molecule has 3 rings (SSSR count). The van der Waals surface area contributed by atoms with Gasteiger partial charge in [-0.1, -0.05) is 0 Å². The van der Waals surface area contributed by atoms with Gasteiger partial charge in [-0.05, 0) is 38.0 Å². The van der Waals surface area contributed by atoms with Gasteiger partial charge in [-0.2, -0.15) is 0 Å². The third-order valence-corrected chi connectivity index (χ3v) is 6.28. The number of rotatable bonds is 3. The summed E-state index contributed by atoms with van der Waals surface area (Å²) in [6.45, 7) is 2.29. The van der Waals surface area contributed by atoms with Gasteiger partial charge in [-0.3, -0.25) is 4.79 Å². The van der Waals surface area contributed by atoms with Crippen LogP contribution < -0.4 is 10.0 Å². The summed E-state index contributed by atoms with van der Waals surface area (Å²) in [7, 11) is -2.24. The lowest BCUT2D eigenvalue weighted by Crippen LogP contribution is -2.30. The van der Waals surface area contributed by atoms with E-state index >= 15 is 0 Å². The van der Waals surface area contributed by atoms with Gasteiger partial charge in [0.1, 0.15) is 16.4 Å². The van der Waals surface area contributed by atoms with Crippen molar-refractivity contribution in [3.05, 3.63) is 47.0 Å². The van der Waals surface area contributed by atoms with Crippen molar-refractivity contribution >= 4 is 21.6 Å². The number of nitrogens with zero attached hydrogens (tertiary/aromatic N) is 1. The van der Waals surface area contributed by atoms with Gasteiger partial charge in [0.25, 0.3) is 11.8 Å². The molecule has 1 amide bonds. The molecule has 0 unspecified atom stereocenters. The number of hydrogen-bond donors (Lipinski definition) is 2. The van der Waals surface area contributed by atoms with Gasteiger partial charge in [-0.25, -0.2) is 26.3 Å². The number of anilines is 1. The lowest BCUT2D eigenvalue weighted by atomic mass is 10.1. The number of alkyl halides is 2. The summed E-state index contributed by atoms with van der Waals surface area (Å²) in [4.78, 5) is 12.8. The standard InChI is InChI=1S/C18H20F3N3O3S/c1-10-4-6-12-15(28(26,27)23-10)9-24(3)16(12)17(25)22-11-5-7-14(19)13(8-11)18(2,20)21/h5,7-10,23H,4,6H2,1-3H3,(H,22,25)/t10-/m0/s1. The molecule has 1 aliphatic heterocycles. The van der Waals surface area contributed by atoms with E-state index in [1.807, 2.05) is 0 Å². The fraction of sp³-hybridized carbons (Fsp3) is 0.389. The van der Waals surface area contributed by atoms with E-state index in [1.165, 1.54) is 23.9 Å². The molecule has 1 aromatic heterocycles. The van der Waals surface area contributed by atoms with Gasteiger partial charge in [0.2, 0.25) is 10.0 Å². The van der Waals surface area contributed by atoms with Crippen LogP contribution in [-0.2, 0) is 29.4 Å². The fourth-order valence-corrected chi connectivity index (χ4v) is 4.89. The minimum Gasteiger partial charge on any atom is -0.345 e. The van der Waals surface area contributed by atoms with Gasteiger partial charge in [-0.15, -0.1) is 0 Å². The average molecular weight is 415 g/mol. The average Bonchev–Trinajstić information content (AvgIpc) is 2.85. The van der Waals surface area contributed by atoms with Crippen molar-refractivity contribution in [1.82, 2.24) is 9.29 Å². The molecule has 2 heterocycles. The van der Waals surface area contributed by atoms with E-state index in [0.29, 0.717) is 25.3 Å². The highest BCUT2D eigenvalue weighted by molar-refractivity contribution is 7.89. The van der Waals surface area contributed by atoms with Crippen LogP contribution in [0.5, 0.6) is 0 Å². The molecule has 6 nitrogen and oxygen atoms in total. The molecule has 0 saturated heterocycles. The molecule has 1 atom stereocenters. The number of aromatic nitrogens is 1. The van der Waals surface area contributed by atoms with Gasteiger partial charge in [0, 0.05) is 37.5 Å². The van der Waals surface area contributed by atoms with Gasteiger partial charge in [0.05, 0.1) is 5.56 Å². The number of aryl methyl sites for hydroxylation is 1. The minimum atomic E-state index is -3.77. The number of carbonyl (C=O) groups is 1. The molecule has 0 saturated carbocycles. The van der Waals surface area contributed by atoms with Crippen LogP contribution in [0, 0.1) is 5.82 Å². The van der Waals surface area contributed by atoms with E-state index in [2.05, 4.69) is 10.0 Å². The Morgan fingerprint density at radius 2 is 2.04 bits per heavy atom. The van der Waals surface area contributed by atoms with Gasteiger partial charge >= 0.3 is 0 Å². The second kappa shape index (κ2) is 6.93. The van der Waals surface area contributed by atoms with Crippen molar-refractivity contribution in [3.63, 3.8) is 0 Å². The maximum Gasteiger partial charge on any atom is 0.273 e. The zero-order chi connectivity index (χ0) is 20.9. The van der Waals surface area contributed by atoms with E-state index in [-0.39, 0.29) is 22.3 Å². The minimum absolute atomic E-state index is 0.0131. The summed E-state index contributed by atoms with van der Waals surface area (Å²) in [6.07, 6.45) is 2.20. The van der Waals surface area contributed by atoms with Crippen LogP contribution in [0.15, 0.2) is 29.3 Å². The van der Waals surface area contributed by atoms with E-state index in [4.69, 9.17) is 0 Å². The number of amides is 1. The molecular formula is C18H20F3N3O3S. The van der Waals surface area contributed by atoms with E-state index < -0.39 is 33.2 Å². The molecule has 10 heteroatoms. The molecule has 28 heavy (non-hydrogen) atoms. The molecule has 1 aromatic carbocycles. The molecule has 0 fully saturated rings. The predicted octanol–water partition coefficient (Wildman–Crippen LogP) is 3.14. The first-order valence-corrected chi connectivity index (χ1v) is 10.1. The van der Waals surface area contributed by atoms with Crippen LogP contribution in [0.1, 0.15) is 41.9 Å². The highest BCUT2D eigenvalue weighted by Gasteiger charge is 2.32. The highest BCUT2D eigenvalue weighted by Crippen LogP contribution is 2.32. The second-order valence-electron chi connectivity index (χ2n) is 7.03. The van der Waals surface area contributed by atoms with Crippen molar-refractivity contribution in [1.29, 1.82) is 0 Å². The Bertz CT molecular complexity index is 1040. The first-order chi connectivity index (χ1) is 12.9.